The third-order valence-corrected chi connectivity index (χ3v) is 3.67. The van der Waals surface area contributed by atoms with Crippen molar-refractivity contribution in [1.29, 1.82) is 0 Å². The second-order valence-electron chi connectivity index (χ2n) is 5.01. The summed E-state index contributed by atoms with van der Waals surface area (Å²) in [5.41, 5.74) is 1.19. The van der Waals surface area contributed by atoms with Gasteiger partial charge in [0, 0.05) is 25.3 Å². The SMILES string of the molecule is OCC1CCN(Cc2cccc3c2OCCO3)C1. The van der Waals surface area contributed by atoms with Crippen LogP contribution >= 0.6 is 0 Å². The van der Waals surface area contributed by atoms with Crippen molar-refractivity contribution in [2.75, 3.05) is 32.9 Å². The summed E-state index contributed by atoms with van der Waals surface area (Å²) in [4.78, 5) is 2.37. The van der Waals surface area contributed by atoms with Crippen LogP contribution in [-0.2, 0) is 6.54 Å². The van der Waals surface area contributed by atoms with Crippen molar-refractivity contribution in [2.24, 2.45) is 5.92 Å². The van der Waals surface area contributed by atoms with Gasteiger partial charge in [0.25, 0.3) is 0 Å². The highest BCUT2D eigenvalue weighted by Crippen LogP contribution is 2.34. The Morgan fingerprint density at radius 2 is 2.17 bits per heavy atom. The molecule has 2 heterocycles. The quantitative estimate of drug-likeness (QED) is 0.876. The van der Waals surface area contributed by atoms with Crippen LogP contribution < -0.4 is 9.47 Å². The van der Waals surface area contributed by atoms with Gasteiger partial charge in [-0.05, 0) is 24.9 Å². The zero-order valence-electron chi connectivity index (χ0n) is 10.5. The number of likely N-dealkylation sites (tertiary alicyclic amines) is 1. The lowest BCUT2D eigenvalue weighted by molar-refractivity contribution is 0.167. The van der Waals surface area contributed by atoms with E-state index >= 15 is 0 Å². The Hall–Kier alpha value is -1.26. The largest absolute Gasteiger partial charge is 0.486 e. The minimum atomic E-state index is 0.295. The second-order valence-corrected chi connectivity index (χ2v) is 5.01. The Balaban J connectivity index is 1.73. The van der Waals surface area contributed by atoms with Crippen LogP contribution in [0.15, 0.2) is 18.2 Å². The van der Waals surface area contributed by atoms with Gasteiger partial charge in [-0.2, -0.15) is 0 Å². The highest BCUT2D eigenvalue weighted by molar-refractivity contribution is 5.47. The number of ether oxygens (including phenoxy) is 2. The van der Waals surface area contributed by atoms with Crippen LogP contribution in [0, 0.1) is 5.92 Å². The first-order valence-electron chi connectivity index (χ1n) is 6.57. The molecule has 0 saturated carbocycles. The molecule has 2 aliphatic heterocycles. The van der Waals surface area contributed by atoms with Gasteiger partial charge in [0.15, 0.2) is 11.5 Å². The van der Waals surface area contributed by atoms with Crippen LogP contribution in [0.25, 0.3) is 0 Å². The van der Waals surface area contributed by atoms with E-state index in [1.54, 1.807) is 0 Å². The molecule has 0 amide bonds. The molecule has 1 fully saturated rings. The van der Waals surface area contributed by atoms with Crippen LogP contribution in [0.1, 0.15) is 12.0 Å². The van der Waals surface area contributed by atoms with Crippen molar-refractivity contribution in [2.45, 2.75) is 13.0 Å². The smallest absolute Gasteiger partial charge is 0.165 e. The van der Waals surface area contributed by atoms with Gasteiger partial charge >= 0.3 is 0 Å². The molecular weight excluding hydrogens is 230 g/mol. The summed E-state index contributed by atoms with van der Waals surface area (Å²) >= 11 is 0. The number of hydrogen-bond donors (Lipinski definition) is 1. The number of hydrogen-bond acceptors (Lipinski definition) is 4. The maximum absolute atomic E-state index is 9.17. The van der Waals surface area contributed by atoms with E-state index in [4.69, 9.17) is 9.47 Å². The first kappa shape index (κ1) is 11.8. The van der Waals surface area contributed by atoms with Crippen molar-refractivity contribution in [3.63, 3.8) is 0 Å². The molecule has 4 nitrogen and oxygen atoms in total. The summed E-state index contributed by atoms with van der Waals surface area (Å²) in [7, 11) is 0. The van der Waals surface area contributed by atoms with Crippen LogP contribution in [0.4, 0.5) is 0 Å². The van der Waals surface area contributed by atoms with E-state index in [0.717, 1.165) is 37.6 Å². The fourth-order valence-electron chi connectivity index (χ4n) is 2.71. The fraction of sp³-hybridized carbons (Fsp3) is 0.571. The van der Waals surface area contributed by atoms with Crippen molar-refractivity contribution in [1.82, 2.24) is 4.90 Å². The van der Waals surface area contributed by atoms with E-state index in [2.05, 4.69) is 11.0 Å². The molecule has 1 unspecified atom stereocenters. The van der Waals surface area contributed by atoms with Crippen molar-refractivity contribution < 1.29 is 14.6 Å². The van der Waals surface area contributed by atoms with Gasteiger partial charge in [-0.1, -0.05) is 12.1 Å². The Morgan fingerprint density at radius 1 is 1.28 bits per heavy atom. The van der Waals surface area contributed by atoms with Crippen molar-refractivity contribution in [3.8, 4) is 11.5 Å². The Morgan fingerprint density at radius 3 is 3.00 bits per heavy atom. The lowest BCUT2D eigenvalue weighted by Gasteiger charge is -2.23. The molecular formula is C14H19NO3. The van der Waals surface area contributed by atoms with Gasteiger partial charge < -0.3 is 14.6 Å². The van der Waals surface area contributed by atoms with Gasteiger partial charge in [-0.25, -0.2) is 0 Å². The molecule has 0 radical (unpaired) electrons. The standard InChI is InChI=1S/C14H19NO3/c16-10-11-4-5-15(8-11)9-12-2-1-3-13-14(12)18-7-6-17-13/h1-3,11,16H,4-10H2. The fourth-order valence-corrected chi connectivity index (χ4v) is 2.71. The summed E-state index contributed by atoms with van der Waals surface area (Å²) in [6, 6.07) is 6.07. The van der Waals surface area contributed by atoms with Gasteiger partial charge in [-0.3, -0.25) is 4.90 Å². The molecule has 0 aromatic heterocycles. The number of aliphatic hydroxyl groups excluding tert-OH is 1. The van der Waals surface area contributed by atoms with Gasteiger partial charge in [0.05, 0.1) is 0 Å². The van der Waals surface area contributed by atoms with Crippen molar-refractivity contribution in [3.05, 3.63) is 23.8 Å². The number of para-hydroxylation sites is 1. The minimum absolute atomic E-state index is 0.295. The average Bonchev–Trinajstić information content (AvgIpc) is 2.87. The van der Waals surface area contributed by atoms with Crippen LogP contribution in [-0.4, -0.2) is 42.9 Å². The van der Waals surface area contributed by atoms with Crippen LogP contribution in [0.3, 0.4) is 0 Å². The van der Waals surface area contributed by atoms with Crippen LogP contribution in [0.2, 0.25) is 0 Å². The molecule has 1 N–H and O–H groups in total. The Bertz CT molecular complexity index is 422. The molecule has 0 bridgehead atoms. The summed E-state index contributed by atoms with van der Waals surface area (Å²) < 4.78 is 11.3. The molecule has 1 aromatic rings. The summed E-state index contributed by atoms with van der Waals surface area (Å²) in [5, 5.41) is 9.17. The maximum Gasteiger partial charge on any atom is 0.165 e. The molecule has 4 heteroatoms. The maximum atomic E-state index is 9.17. The molecule has 3 rings (SSSR count). The number of rotatable bonds is 3. The first-order valence-corrected chi connectivity index (χ1v) is 6.57. The predicted octanol–water partition coefficient (Wildman–Crippen LogP) is 1.27. The zero-order chi connectivity index (χ0) is 12.4. The average molecular weight is 249 g/mol. The lowest BCUT2D eigenvalue weighted by atomic mass is 10.1. The normalized spacial score (nSPS) is 23.3. The number of nitrogens with zero attached hydrogens (tertiary/aromatic N) is 1. The van der Waals surface area contributed by atoms with Gasteiger partial charge in [0.2, 0.25) is 0 Å². The van der Waals surface area contributed by atoms with E-state index in [-0.39, 0.29) is 0 Å². The summed E-state index contributed by atoms with van der Waals surface area (Å²) in [5.74, 6) is 2.19. The molecule has 18 heavy (non-hydrogen) atoms. The summed E-state index contributed by atoms with van der Waals surface area (Å²) in [6.07, 6.45) is 1.09. The van der Waals surface area contributed by atoms with Gasteiger partial charge in [-0.15, -0.1) is 0 Å². The third kappa shape index (κ3) is 2.31. The van der Waals surface area contributed by atoms with E-state index in [9.17, 15) is 5.11 Å². The highest BCUT2D eigenvalue weighted by atomic mass is 16.6. The lowest BCUT2D eigenvalue weighted by Crippen LogP contribution is -2.23. The molecule has 0 aliphatic carbocycles. The van der Waals surface area contributed by atoms with Crippen molar-refractivity contribution >= 4 is 0 Å². The number of aliphatic hydroxyl groups is 1. The number of benzene rings is 1. The molecule has 1 saturated heterocycles. The van der Waals surface area contributed by atoms with Gasteiger partial charge in [0.1, 0.15) is 13.2 Å². The second kappa shape index (κ2) is 5.16. The van der Waals surface area contributed by atoms with E-state index in [1.165, 1.54) is 5.56 Å². The molecule has 1 atom stereocenters. The topological polar surface area (TPSA) is 41.9 Å². The molecule has 1 aromatic carbocycles. The monoisotopic (exact) mass is 249 g/mol. The van der Waals surface area contributed by atoms with E-state index in [0.29, 0.717) is 25.7 Å². The predicted molar refractivity (Wildman–Crippen MR) is 67.9 cm³/mol. The van der Waals surface area contributed by atoms with E-state index in [1.807, 2.05) is 12.1 Å². The Labute approximate surface area is 107 Å². The molecule has 2 aliphatic rings. The number of fused-ring (bicyclic) bond motifs is 1. The first-order chi connectivity index (χ1) is 8.86. The highest BCUT2D eigenvalue weighted by Gasteiger charge is 2.24. The van der Waals surface area contributed by atoms with Crippen LogP contribution in [0.5, 0.6) is 11.5 Å². The zero-order valence-corrected chi connectivity index (χ0v) is 10.5. The Kier molecular flexibility index (Phi) is 3.39. The molecule has 0 spiro atoms. The minimum Gasteiger partial charge on any atom is -0.486 e. The molecule has 98 valence electrons. The summed E-state index contributed by atoms with van der Waals surface area (Å²) in [6.45, 7) is 4.46. The third-order valence-electron chi connectivity index (χ3n) is 3.67. The van der Waals surface area contributed by atoms with E-state index < -0.39 is 0 Å².